The van der Waals surface area contributed by atoms with Crippen LogP contribution in [0.3, 0.4) is 0 Å². The predicted octanol–water partition coefficient (Wildman–Crippen LogP) is 2.36. The summed E-state index contributed by atoms with van der Waals surface area (Å²) in [4.78, 5) is 27.1. The zero-order chi connectivity index (χ0) is 17.1. The van der Waals surface area contributed by atoms with Crippen LogP contribution in [0.4, 0.5) is 5.69 Å². The quantitative estimate of drug-likeness (QED) is 0.740. The summed E-state index contributed by atoms with van der Waals surface area (Å²) in [5, 5.41) is 4.25. The second kappa shape index (κ2) is 5.51. The molecule has 6 nitrogen and oxygen atoms in total. The van der Waals surface area contributed by atoms with Gasteiger partial charge in [-0.15, -0.1) is 0 Å². The van der Waals surface area contributed by atoms with Crippen molar-refractivity contribution < 1.29 is 14.3 Å². The van der Waals surface area contributed by atoms with Crippen LogP contribution >= 0.6 is 15.9 Å². The molecule has 1 aromatic heterocycles. The number of halogens is 1. The minimum Gasteiger partial charge on any atom is -0.373 e. The zero-order valence-electron chi connectivity index (χ0n) is 13.3. The van der Waals surface area contributed by atoms with Crippen molar-refractivity contribution in [3.8, 4) is 0 Å². The number of carbonyl (C=O) groups is 2. The Kier molecular flexibility index (Phi) is 3.36. The van der Waals surface area contributed by atoms with Crippen molar-refractivity contribution in [2.24, 2.45) is 11.8 Å². The first-order valence-corrected chi connectivity index (χ1v) is 9.21. The van der Waals surface area contributed by atoms with E-state index in [4.69, 9.17) is 4.74 Å². The Balaban J connectivity index is 1.44. The number of imide groups is 1. The maximum atomic E-state index is 12.9. The van der Waals surface area contributed by atoms with Gasteiger partial charge in [-0.1, -0.05) is 12.1 Å². The van der Waals surface area contributed by atoms with E-state index in [0.717, 1.165) is 22.9 Å². The Bertz CT molecular complexity index is 852. The highest BCUT2D eigenvalue weighted by Crippen LogP contribution is 2.49. The molecule has 3 aliphatic rings. The van der Waals surface area contributed by atoms with E-state index in [1.165, 1.54) is 4.90 Å². The molecule has 2 amide bonds. The molecule has 7 heteroatoms. The Hall–Kier alpha value is -1.99. The van der Waals surface area contributed by atoms with Gasteiger partial charge in [0.1, 0.15) is 0 Å². The predicted molar refractivity (Wildman–Crippen MR) is 92.8 cm³/mol. The lowest BCUT2D eigenvalue weighted by Crippen LogP contribution is -2.34. The summed E-state index contributed by atoms with van der Waals surface area (Å²) in [5.41, 5.74) is 1.64. The van der Waals surface area contributed by atoms with Crippen molar-refractivity contribution in [1.82, 2.24) is 9.78 Å². The molecule has 3 fully saturated rings. The normalized spacial score (nSPS) is 30.4. The van der Waals surface area contributed by atoms with Crippen molar-refractivity contribution >= 4 is 33.4 Å². The van der Waals surface area contributed by atoms with Crippen LogP contribution in [0.1, 0.15) is 18.4 Å². The van der Waals surface area contributed by atoms with Crippen molar-refractivity contribution in [2.45, 2.75) is 31.6 Å². The van der Waals surface area contributed by atoms with Gasteiger partial charge in [0.2, 0.25) is 11.8 Å². The Morgan fingerprint density at radius 2 is 1.88 bits per heavy atom. The van der Waals surface area contributed by atoms with Gasteiger partial charge in [-0.2, -0.15) is 5.10 Å². The molecule has 3 saturated heterocycles. The fourth-order valence-electron chi connectivity index (χ4n) is 4.37. The highest BCUT2D eigenvalue weighted by atomic mass is 79.9. The molecule has 25 heavy (non-hydrogen) atoms. The number of hydrogen-bond acceptors (Lipinski definition) is 4. The molecule has 0 unspecified atom stereocenters. The molecule has 0 radical (unpaired) electrons. The zero-order valence-corrected chi connectivity index (χ0v) is 14.9. The molecule has 0 spiro atoms. The monoisotopic (exact) mass is 401 g/mol. The third kappa shape index (κ3) is 2.29. The second-order valence-corrected chi connectivity index (χ2v) is 7.80. The molecule has 2 aromatic rings. The molecule has 4 atom stereocenters. The number of rotatable bonds is 3. The molecular formula is C18H16BrN3O3. The molecule has 5 rings (SSSR count). The molecule has 0 N–H and O–H groups in total. The highest BCUT2D eigenvalue weighted by molar-refractivity contribution is 9.10. The maximum Gasteiger partial charge on any atom is 0.240 e. The minimum absolute atomic E-state index is 0.0824. The number of aromatic nitrogens is 2. The summed E-state index contributed by atoms with van der Waals surface area (Å²) in [7, 11) is 0. The summed E-state index contributed by atoms with van der Waals surface area (Å²) in [5.74, 6) is -0.809. The van der Waals surface area contributed by atoms with Gasteiger partial charge in [0.15, 0.2) is 0 Å². The Morgan fingerprint density at radius 3 is 2.52 bits per heavy atom. The largest absolute Gasteiger partial charge is 0.373 e. The smallest absolute Gasteiger partial charge is 0.240 e. The molecule has 128 valence electrons. The summed E-state index contributed by atoms with van der Waals surface area (Å²) in [6, 6.07) is 7.57. The van der Waals surface area contributed by atoms with Crippen molar-refractivity contribution in [3.05, 3.63) is 46.7 Å². The lowest BCUT2D eigenvalue weighted by molar-refractivity contribution is -0.124. The van der Waals surface area contributed by atoms with Crippen molar-refractivity contribution in [2.75, 3.05) is 4.90 Å². The molecule has 0 aliphatic carbocycles. The van der Waals surface area contributed by atoms with E-state index in [1.807, 2.05) is 30.5 Å². The van der Waals surface area contributed by atoms with Gasteiger partial charge in [0.25, 0.3) is 0 Å². The number of hydrogen-bond donors (Lipinski definition) is 0. The van der Waals surface area contributed by atoms with E-state index < -0.39 is 0 Å². The van der Waals surface area contributed by atoms with E-state index in [1.54, 1.807) is 10.9 Å². The maximum absolute atomic E-state index is 12.9. The fourth-order valence-corrected chi connectivity index (χ4v) is 4.70. The van der Waals surface area contributed by atoms with Gasteiger partial charge in [0.05, 0.1) is 46.9 Å². The van der Waals surface area contributed by atoms with Crippen LogP contribution in [0.25, 0.3) is 0 Å². The van der Waals surface area contributed by atoms with Gasteiger partial charge in [-0.3, -0.25) is 14.3 Å². The number of benzene rings is 1. The number of anilines is 1. The van der Waals surface area contributed by atoms with Gasteiger partial charge in [0, 0.05) is 6.20 Å². The summed E-state index contributed by atoms with van der Waals surface area (Å²) >= 11 is 3.38. The van der Waals surface area contributed by atoms with Gasteiger partial charge < -0.3 is 4.74 Å². The fraction of sp³-hybridized carbons (Fsp3) is 0.389. The first-order valence-electron chi connectivity index (χ1n) is 8.42. The van der Waals surface area contributed by atoms with E-state index in [-0.39, 0.29) is 35.9 Å². The molecule has 4 heterocycles. The van der Waals surface area contributed by atoms with Gasteiger partial charge in [-0.25, -0.2) is 4.90 Å². The van der Waals surface area contributed by atoms with Crippen molar-refractivity contribution in [1.29, 1.82) is 0 Å². The van der Waals surface area contributed by atoms with E-state index in [2.05, 4.69) is 21.0 Å². The number of fused-ring (bicyclic) bond motifs is 5. The van der Waals surface area contributed by atoms with Gasteiger partial charge >= 0.3 is 0 Å². The van der Waals surface area contributed by atoms with Crippen LogP contribution in [0.15, 0.2) is 41.1 Å². The van der Waals surface area contributed by atoms with Crippen LogP contribution in [-0.2, 0) is 20.9 Å². The number of amides is 2. The standard InChI is InChI=1S/C18H16BrN3O3/c19-11-7-20-21(9-11)8-10-2-1-3-12(6-10)22-17(23)15-13-4-5-14(25-13)16(15)18(22)24/h1-3,6-7,9,13-16H,4-5,8H2/t13-,14-,15-,16-/m1/s1. The molecule has 3 aliphatic heterocycles. The Morgan fingerprint density at radius 1 is 1.16 bits per heavy atom. The summed E-state index contributed by atoms with van der Waals surface area (Å²) < 4.78 is 8.50. The van der Waals surface area contributed by atoms with Crippen LogP contribution in [0.2, 0.25) is 0 Å². The van der Waals surface area contributed by atoms with Gasteiger partial charge in [-0.05, 0) is 46.5 Å². The first kappa shape index (κ1) is 15.3. The first-order chi connectivity index (χ1) is 12.1. The molecule has 0 saturated carbocycles. The third-order valence-corrected chi connectivity index (χ3v) is 5.81. The van der Waals surface area contributed by atoms with Crippen LogP contribution in [-0.4, -0.2) is 33.8 Å². The average Bonchev–Trinajstić information content (AvgIpc) is 3.34. The van der Waals surface area contributed by atoms with E-state index >= 15 is 0 Å². The SMILES string of the molecule is O=C1[C@H]2[C@H](C(=O)N1c1cccc(Cn3cc(Br)cn3)c1)[C@H]1CC[C@H]2O1. The lowest BCUT2D eigenvalue weighted by atomic mass is 9.81. The molecular weight excluding hydrogens is 386 g/mol. The van der Waals surface area contributed by atoms with Crippen LogP contribution < -0.4 is 4.90 Å². The van der Waals surface area contributed by atoms with Crippen LogP contribution in [0, 0.1) is 11.8 Å². The molecule has 1 aromatic carbocycles. The summed E-state index contributed by atoms with van der Waals surface area (Å²) in [6.07, 6.45) is 5.22. The minimum atomic E-state index is -0.294. The second-order valence-electron chi connectivity index (χ2n) is 6.88. The topological polar surface area (TPSA) is 64.4 Å². The van der Waals surface area contributed by atoms with Crippen molar-refractivity contribution in [3.63, 3.8) is 0 Å². The number of ether oxygens (including phenoxy) is 1. The highest BCUT2D eigenvalue weighted by Gasteiger charge is 2.62. The average molecular weight is 402 g/mol. The number of nitrogens with zero attached hydrogens (tertiary/aromatic N) is 3. The number of carbonyl (C=O) groups excluding carboxylic acids is 2. The van der Waals surface area contributed by atoms with E-state index in [0.29, 0.717) is 12.2 Å². The Labute approximate surface area is 152 Å². The summed E-state index contributed by atoms with van der Waals surface area (Å²) in [6.45, 7) is 0.580. The molecule has 2 bridgehead atoms. The van der Waals surface area contributed by atoms with Crippen LogP contribution in [0.5, 0.6) is 0 Å². The third-order valence-electron chi connectivity index (χ3n) is 5.40. The lowest BCUT2D eigenvalue weighted by Gasteiger charge is -2.18. The van der Waals surface area contributed by atoms with E-state index in [9.17, 15) is 9.59 Å².